The summed E-state index contributed by atoms with van der Waals surface area (Å²) < 4.78 is 7.64. The summed E-state index contributed by atoms with van der Waals surface area (Å²) >= 11 is 5.95. The summed E-state index contributed by atoms with van der Waals surface area (Å²) in [5, 5.41) is 3.53. The van der Waals surface area contributed by atoms with Gasteiger partial charge in [-0.1, -0.05) is 11.6 Å². The monoisotopic (exact) mass is 384 g/mol. The van der Waals surface area contributed by atoms with Gasteiger partial charge in [-0.15, -0.1) is 0 Å². The van der Waals surface area contributed by atoms with Crippen LogP contribution in [0.5, 0.6) is 5.75 Å². The van der Waals surface area contributed by atoms with E-state index in [1.54, 1.807) is 37.5 Å². The highest BCUT2D eigenvalue weighted by Gasteiger charge is 2.15. The summed E-state index contributed by atoms with van der Waals surface area (Å²) in [4.78, 5) is 20.9. The SMILES string of the molecule is Cc1cc(Cl)ccc1OC(C)C(=O)NCc1ccnc(-n2ccnc2C)c1. The zero-order valence-electron chi connectivity index (χ0n) is 15.4. The van der Waals surface area contributed by atoms with Crippen LogP contribution < -0.4 is 10.1 Å². The second-order valence-corrected chi connectivity index (χ2v) is 6.69. The number of benzene rings is 1. The van der Waals surface area contributed by atoms with Crippen molar-refractivity contribution in [1.82, 2.24) is 19.9 Å². The predicted octanol–water partition coefficient (Wildman–Crippen LogP) is 3.62. The van der Waals surface area contributed by atoms with Crippen LogP contribution in [0, 0.1) is 13.8 Å². The first-order valence-corrected chi connectivity index (χ1v) is 8.97. The smallest absolute Gasteiger partial charge is 0.261 e. The Bertz CT molecular complexity index is 955. The van der Waals surface area contributed by atoms with E-state index in [0.29, 0.717) is 17.3 Å². The van der Waals surface area contributed by atoms with Gasteiger partial charge in [0.2, 0.25) is 0 Å². The number of hydrogen-bond acceptors (Lipinski definition) is 4. The molecule has 0 radical (unpaired) electrons. The van der Waals surface area contributed by atoms with Crippen LogP contribution in [0.1, 0.15) is 23.9 Å². The van der Waals surface area contributed by atoms with Gasteiger partial charge in [0.05, 0.1) is 0 Å². The van der Waals surface area contributed by atoms with Crippen molar-refractivity contribution in [2.24, 2.45) is 0 Å². The molecular weight excluding hydrogens is 364 g/mol. The molecular formula is C20H21ClN4O2. The van der Waals surface area contributed by atoms with E-state index in [9.17, 15) is 4.79 Å². The third-order valence-corrected chi connectivity index (χ3v) is 4.39. The van der Waals surface area contributed by atoms with Gasteiger partial charge in [0.1, 0.15) is 17.4 Å². The quantitative estimate of drug-likeness (QED) is 0.704. The number of carbonyl (C=O) groups excluding carboxylic acids is 1. The number of amides is 1. The predicted molar refractivity (Wildman–Crippen MR) is 104 cm³/mol. The molecule has 0 bridgehead atoms. The van der Waals surface area contributed by atoms with Crippen molar-refractivity contribution in [1.29, 1.82) is 0 Å². The molecule has 1 amide bonds. The number of carbonyl (C=O) groups is 1. The van der Waals surface area contributed by atoms with Gasteiger partial charge < -0.3 is 10.1 Å². The summed E-state index contributed by atoms with van der Waals surface area (Å²) in [6.07, 6.45) is 4.67. The minimum absolute atomic E-state index is 0.193. The van der Waals surface area contributed by atoms with E-state index >= 15 is 0 Å². The second-order valence-electron chi connectivity index (χ2n) is 6.25. The number of nitrogens with zero attached hydrogens (tertiary/aromatic N) is 3. The largest absolute Gasteiger partial charge is 0.481 e. The molecule has 2 heterocycles. The van der Waals surface area contributed by atoms with Gasteiger partial charge in [-0.25, -0.2) is 9.97 Å². The Hall–Kier alpha value is -2.86. The average molecular weight is 385 g/mol. The van der Waals surface area contributed by atoms with Gasteiger partial charge in [0, 0.05) is 30.2 Å². The van der Waals surface area contributed by atoms with Crippen molar-refractivity contribution in [2.75, 3.05) is 0 Å². The summed E-state index contributed by atoms with van der Waals surface area (Å²) in [6.45, 7) is 5.90. The number of rotatable bonds is 6. The maximum atomic E-state index is 12.4. The first kappa shape index (κ1) is 18.9. The number of ether oxygens (including phenoxy) is 1. The Morgan fingerprint density at radius 3 is 2.74 bits per heavy atom. The molecule has 0 saturated heterocycles. The summed E-state index contributed by atoms with van der Waals surface area (Å²) in [7, 11) is 0. The Morgan fingerprint density at radius 2 is 2.04 bits per heavy atom. The molecule has 140 valence electrons. The van der Waals surface area contributed by atoms with E-state index in [-0.39, 0.29) is 5.91 Å². The van der Waals surface area contributed by atoms with Crippen LogP contribution in [-0.4, -0.2) is 26.5 Å². The van der Waals surface area contributed by atoms with Crippen LogP contribution in [0.2, 0.25) is 5.02 Å². The fourth-order valence-electron chi connectivity index (χ4n) is 2.64. The molecule has 1 aromatic carbocycles. The third-order valence-electron chi connectivity index (χ3n) is 4.16. The molecule has 1 N–H and O–H groups in total. The molecule has 0 saturated carbocycles. The topological polar surface area (TPSA) is 69.0 Å². The van der Waals surface area contributed by atoms with Crippen LogP contribution in [0.25, 0.3) is 5.82 Å². The molecule has 1 unspecified atom stereocenters. The molecule has 1 atom stereocenters. The fourth-order valence-corrected chi connectivity index (χ4v) is 2.87. The number of imidazole rings is 1. The number of aromatic nitrogens is 3. The molecule has 0 aliphatic rings. The van der Waals surface area contributed by atoms with Gasteiger partial charge >= 0.3 is 0 Å². The highest BCUT2D eigenvalue weighted by molar-refractivity contribution is 6.30. The lowest BCUT2D eigenvalue weighted by molar-refractivity contribution is -0.127. The molecule has 6 nitrogen and oxygen atoms in total. The van der Waals surface area contributed by atoms with Crippen LogP contribution in [0.3, 0.4) is 0 Å². The van der Waals surface area contributed by atoms with Gasteiger partial charge in [-0.3, -0.25) is 9.36 Å². The maximum Gasteiger partial charge on any atom is 0.261 e. The summed E-state index contributed by atoms with van der Waals surface area (Å²) in [6, 6.07) is 9.10. The van der Waals surface area contributed by atoms with Crippen molar-refractivity contribution in [3.8, 4) is 11.6 Å². The number of nitrogens with one attached hydrogen (secondary N) is 1. The average Bonchev–Trinajstić information content (AvgIpc) is 3.08. The standard InChI is InChI=1S/C20H21ClN4O2/c1-13-10-17(21)4-5-18(13)27-14(2)20(26)24-12-16-6-7-23-19(11-16)25-9-8-22-15(25)3/h4-11,14H,12H2,1-3H3,(H,24,26). The Kier molecular flexibility index (Phi) is 5.76. The lowest BCUT2D eigenvalue weighted by Crippen LogP contribution is -2.36. The molecule has 3 rings (SSSR count). The highest BCUT2D eigenvalue weighted by atomic mass is 35.5. The minimum atomic E-state index is -0.623. The third kappa shape index (κ3) is 4.65. The normalized spacial score (nSPS) is 11.9. The first-order valence-electron chi connectivity index (χ1n) is 8.60. The Balaban J connectivity index is 1.61. The fraction of sp³-hybridized carbons (Fsp3) is 0.250. The molecule has 0 spiro atoms. The lowest BCUT2D eigenvalue weighted by Gasteiger charge is -2.16. The molecule has 2 aromatic heterocycles. The number of hydrogen-bond donors (Lipinski definition) is 1. The van der Waals surface area contributed by atoms with Crippen LogP contribution in [-0.2, 0) is 11.3 Å². The highest BCUT2D eigenvalue weighted by Crippen LogP contribution is 2.22. The molecule has 0 aliphatic carbocycles. The Morgan fingerprint density at radius 1 is 1.22 bits per heavy atom. The summed E-state index contributed by atoms with van der Waals surface area (Å²) in [5.74, 6) is 2.06. The number of aryl methyl sites for hydroxylation is 2. The van der Waals surface area contributed by atoms with Crippen molar-refractivity contribution < 1.29 is 9.53 Å². The van der Waals surface area contributed by atoms with Gasteiger partial charge in [0.25, 0.3) is 5.91 Å². The molecule has 3 aromatic rings. The van der Waals surface area contributed by atoms with E-state index in [0.717, 1.165) is 22.8 Å². The minimum Gasteiger partial charge on any atom is -0.481 e. The van der Waals surface area contributed by atoms with Crippen molar-refractivity contribution in [3.05, 3.63) is 70.9 Å². The zero-order valence-corrected chi connectivity index (χ0v) is 16.2. The second kappa shape index (κ2) is 8.22. The molecule has 7 heteroatoms. The van der Waals surface area contributed by atoms with E-state index in [1.165, 1.54) is 0 Å². The van der Waals surface area contributed by atoms with E-state index in [1.807, 2.05) is 36.7 Å². The molecule has 0 fully saturated rings. The zero-order chi connectivity index (χ0) is 19.4. The van der Waals surface area contributed by atoms with E-state index < -0.39 is 6.10 Å². The lowest BCUT2D eigenvalue weighted by atomic mass is 10.2. The van der Waals surface area contributed by atoms with Crippen LogP contribution >= 0.6 is 11.6 Å². The van der Waals surface area contributed by atoms with Crippen LogP contribution in [0.4, 0.5) is 0 Å². The Labute approximate surface area is 163 Å². The van der Waals surface area contributed by atoms with E-state index in [4.69, 9.17) is 16.3 Å². The van der Waals surface area contributed by atoms with Gasteiger partial charge in [-0.2, -0.15) is 0 Å². The molecule has 27 heavy (non-hydrogen) atoms. The number of pyridine rings is 1. The first-order chi connectivity index (χ1) is 12.9. The van der Waals surface area contributed by atoms with Gasteiger partial charge in [0.15, 0.2) is 6.10 Å². The van der Waals surface area contributed by atoms with Crippen molar-refractivity contribution >= 4 is 17.5 Å². The van der Waals surface area contributed by atoms with Gasteiger partial charge in [-0.05, 0) is 62.2 Å². The van der Waals surface area contributed by atoms with Crippen molar-refractivity contribution in [2.45, 2.75) is 33.4 Å². The number of halogens is 1. The summed E-state index contributed by atoms with van der Waals surface area (Å²) in [5.41, 5.74) is 1.83. The molecule has 0 aliphatic heterocycles. The van der Waals surface area contributed by atoms with E-state index in [2.05, 4.69) is 15.3 Å². The van der Waals surface area contributed by atoms with Crippen LogP contribution in [0.15, 0.2) is 48.9 Å². The maximum absolute atomic E-state index is 12.4. The van der Waals surface area contributed by atoms with Crippen molar-refractivity contribution in [3.63, 3.8) is 0 Å².